The summed E-state index contributed by atoms with van der Waals surface area (Å²) < 4.78 is 6.09. The van der Waals surface area contributed by atoms with E-state index in [9.17, 15) is 14.4 Å². The minimum Gasteiger partial charge on any atom is -0.456 e. The second kappa shape index (κ2) is 10.3. The topological polar surface area (TPSA) is 97.4 Å². The molecule has 2 atom stereocenters. The van der Waals surface area contributed by atoms with Crippen LogP contribution in [0.5, 0.6) is 0 Å². The van der Waals surface area contributed by atoms with Crippen molar-refractivity contribution in [3.8, 4) is 0 Å². The number of benzene rings is 1. The molecule has 1 aromatic carbocycles. The Bertz CT molecular complexity index is 833. The van der Waals surface area contributed by atoms with Crippen LogP contribution in [-0.2, 0) is 20.7 Å². The Hall–Kier alpha value is -2.48. The first-order chi connectivity index (χ1) is 14.0. The molecule has 29 heavy (non-hydrogen) atoms. The second-order valence-corrected chi connectivity index (χ2v) is 8.59. The van der Waals surface area contributed by atoms with Gasteiger partial charge >= 0.3 is 12.0 Å². The molecule has 1 fully saturated rings. The highest BCUT2D eigenvalue weighted by Crippen LogP contribution is 2.24. The van der Waals surface area contributed by atoms with Crippen LogP contribution in [0.2, 0.25) is 0 Å². The van der Waals surface area contributed by atoms with E-state index in [0.717, 1.165) is 34.5 Å². The Morgan fingerprint density at radius 3 is 2.79 bits per heavy atom. The number of hydrogen-bond donors (Lipinski definition) is 2. The molecule has 0 spiro atoms. The van der Waals surface area contributed by atoms with E-state index in [0.29, 0.717) is 18.8 Å². The number of amides is 3. The van der Waals surface area contributed by atoms with Gasteiger partial charge in [-0.05, 0) is 43.7 Å². The highest BCUT2D eigenvalue weighted by atomic mass is 32.1. The van der Waals surface area contributed by atoms with Gasteiger partial charge in [-0.25, -0.2) is 9.78 Å². The lowest BCUT2D eigenvalue weighted by Gasteiger charge is -2.29. The fourth-order valence-corrected chi connectivity index (χ4v) is 4.54. The number of rotatable bonds is 7. The molecular weight excluding hydrogens is 390 g/mol. The zero-order valence-corrected chi connectivity index (χ0v) is 17.4. The number of thiazole rings is 1. The molecule has 0 radical (unpaired) electrons. The molecule has 2 aromatic rings. The minimum atomic E-state index is -0.620. The Morgan fingerprint density at radius 2 is 2.00 bits per heavy atom. The lowest BCUT2D eigenvalue weighted by atomic mass is 9.86. The molecular formula is C21H27N3O4S. The van der Waals surface area contributed by atoms with Crippen LogP contribution in [0, 0.1) is 5.92 Å². The van der Waals surface area contributed by atoms with Gasteiger partial charge in [0.2, 0.25) is 0 Å². The monoisotopic (exact) mass is 417 g/mol. The van der Waals surface area contributed by atoms with Gasteiger partial charge in [-0.15, -0.1) is 11.3 Å². The maximum absolute atomic E-state index is 11.9. The van der Waals surface area contributed by atoms with Crippen LogP contribution in [0.4, 0.5) is 4.79 Å². The molecule has 1 aliphatic carbocycles. The summed E-state index contributed by atoms with van der Waals surface area (Å²) in [6.45, 7) is 1.65. The maximum Gasteiger partial charge on any atom is 0.321 e. The van der Waals surface area contributed by atoms with Crippen molar-refractivity contribution in [1.29, 1.82) is 0 Å². The number of nitrogens with zero attached hydrogens (tertiary/aromatic N) is 1. The van der Waals surface area contributed by atoms with E-state index in [4.69, 9.17) is 4.74 Å². The molecule has 8 heteroatoms. The number of imide groups is 1. The maximum atomic E-state index is 11.9. The number of esters is 1. The van der Waals surface area contributed by atoms with E-state index in [-0.39, 0.29) is 12.5 Å². The van der Waals surface area contributed by atoms with E-state index >= 15 is 0 Å². The highest BCUT2D eigenvalue weighted by Gasteiger charge is 2.23. The van der Waals surface area contributed by atoms with E-state index in [2.05, 4.69) is 22.5 Å². The summed E-state index contributed by atoms with van der Waals surface area (Å²) >= 11 is 1.62. The highest BCUT2D eigenvalue weighted by molar-refractivity contribution is 7.18. The lowest BCUT2D eigenvalue weighted by molar-refractivity contribution is -0.148. The van der Waals surface area contributed by atoms with Gasteiger partial charge < -0.3 is 10.1 Å². The number of carbonyl (C=O) groups excluding carboxylic acids is 3. The number of ether oxygens (including phenoxy) is 1. The number of nitrogens with one attached hydrogen (secondary N) is 2. The van der Waals surface area contributed by atoms with Crippen LogP contribution in [0.1, 0.15) is 50.5 Å². The third kappa shape index (κ3) is 6.52. The van der Waals surface area contributed by atoms with Crippen molar-refractivity contribution in [2.45, 2.75) is 57.9 Å². The van der Waals surface area contributed by atoms with Crippen molar-refractivity contribution >= 4 is 39.5 Å². The SMILES string of the molecule is C[C@H]1CCCC[C@H]1NC(=O)NC(=O)COC(=O)CCCc1nc2ccccc2s1. The Morgan fingerprint density at radius 1 is 1.21 bits per heavy atom. The van der Waals surface area contributed by atoms with E-state index < -0.39 is 24.5 Å². The number of aryl methyl sites for hydroxylation is 1. The number of aromatic nitrogens is 1. The first-order valence-electron chi connectivity index (χ1n) is 10.1. The third-order valence-electron chi connectivity index (χ3n) is 5.15. The van der Waals surface area contributed by atoms with Gasteiger partial charge in [0.05, 0.1) is 15.2 Å². The molecule has 3 amide bonds. The Balaban J connectivity index is 1.31. The van der Waals surface area contributed by atoms with Gasteiger partial charge in [-0.2, -0.15) is 0 Å². The van der Waals surface area contributed by atoms with Crippen LogP contribution in [0.15, 0.2) is 24.3 Å². The normalized spacial score (nSPS) is 18.9. The van der Waals surface area contributed by atoms with E-state index in [1.807, 2.05) is 24.3 Å². The van der Waals surface area contributed by atoms with Gasteiger partial charge in [-0.1, -0.05) is 31.9 Å². The Labute approximate surface area is 174 Å². The van der Waals surface area contributed by atoms with Gasteiger partial charge in [0.15, 0.2) is 6.61 Å². The first-order valence-corrected chi connectivity index (χ1v) is 10.9. The molecule has 7 nitrogen and oxygen atoms in total. The summed E-state index contributed by atoms with van der Waals surface area (Å²) in [6.07, 6.45) is 5.74. The summed E-state index contributed by atoms with van der Waals surface area (Å²) in [5, 5.41) is 6.04. The van der Waals surface area contributed by atoms with Crippen LogP contribution in [0.3, 0.4) is 0 Å². The van der Waals surface area contributed by atoms with Crippen molar-refractivity contribution in [3.05, 3.63) is 29.3 Å². The lowest BCUT2D eigenvalue weighted by Crippen LogP contribution is -2.48. The molecule has 156 valence electrons. The molecule has 1 aliphatic rings. The molecule has 0 saturated heterocycles. The molecule has 1 heterocycles. The van der Waals surface area contributed by atoms with E-state index in [1.165, 1.54) is 6.42 Å². The number of para-hydroxylation sites is 1. The second-order valence-electron chi connectivity index (χ2n) is 7.48. The van der Waals surface area contributed by atoms with Crippen LogP contribution >= 0.6 is 11.3 Å². The van der Waals surface area contributed by atoms with Crippen LogP contribution in [-0.4, -0.2) is 35.5 Å². The first kappa shape index (κ1) is 21.2. The summed E-state index contributed by atoms with van der Waals surface area (Å²) in [5.41, 5.74) is 0.965. The molecule has 0 bridgehead atoms. The number of fused-ring (bicyclic) bond motifs is 1. The predicted molar refractivity (Wildman–Crippen MR) is 112 cm³/mol. The molecule has 1 saturated carbocycles. The molecule has 1 aromatic heterocycles. The Kier molecular flexibility index (Phi) is 7.57. The zero-order valence-electron chi connectivity index (χ0n) is 16.6. The summed E-state index contributed by atoms with van der Waals surface area (Å²) in [7, 11) is 0. The van der Waals surface area contributed by atoms with Crippen molar-refractivity contribution in [2.24, 2.45) is 5.92 Å². The summed E-state index contributed by atoms with van der Waals surface area (Å²) in [5.74, 6) is -0.675. The molecule has 3 rings (SSSR count). The predicted octanol–water partition coefficient (Wildman–Crippen LogP) is 3.57. The van der Waals surface area contributed by atoms with Crippen molar-refractivity contribution in [3.63, 3.8) is 0 Å². The average Bonchev–Trinajstić information content (AvgIpc) is 3.11. The summed E-state index contributed by atoms with van der Waals surface area (Å²) in [6, 6.07) is 7.47. The minimum absolute atomic E-state index is 0.0848. The number of carbonyl (C=O) groups is 3. The van der Waals surface area contributed by atoms with Crippen LogP contribution < -0.4 is 10.6 Å². The zero-order chi connectivity index (χ0) is 20.6. The fraction of sp³-hybridized carbons (Fsp3) is 0.524. The quantitative estimate of drug-likeness (QED) is 0.671. The molecule has 0 aliphatic heterocycles. The van der Waals surface area contributed by atoms with Crippen LogP contribution in [0.25, 0.3) is 10.2 Å². The third-order valence-corrected chi connectivity index (χ3v) is 6.25. The average molecular weight is 418 g/mol. The van der Waals surface area contributed by atoms with Crippen molar-refractivity contribution in [1.82, 2.24) is 15.6 Å². The molecule has 0 unspecified atom stereocenters. The van der Waals surface area contributed by atoms with Gasteiger partial charge in [0.1, 0.15) is 0 Å². The summed E-state index contributed by atoms with van der Waals surface area (Å²) in [4.78, 5) is 40.1. The van der Waals surface area contributed by atoms with Crippen molar-refractivity contribution in [2.75, 3.05) is 6.61 Å². The molecule has 2 N–H and O–H groups in total. The number of hydrogen-bond acceptors (Lipinski definition) is 6. The standard InChI is InChI=1S/C21H27N3O4S/c1-14-7-2-3-8-15(14)23-21(27)24-18(25)13-28-20(26)12-6-11-19-22-16-9-4-5-10-17(16)29-19/h4-5,9-10,14-15H,2-3,6-8,11-13H2,1H3,(H2,23,24,25,27)/t14-,15+/m0/s1. The smallest absolute Gasteiger partial charge is 0.321 e. The van der Waals surface area contributed by atoms with Gasteiger partial charge in [-0.3, -0.25) is 14.9 Å². The number of urea groups is 1. The van der Waals surface area contributed by atoms with Crippen molar-refractivity contribution < 1.29 is 19.1 Å². The van der Waals surface area contributed by atoms with Gasteiger partial charge in [0.25, 0.3) is 5.91 Å². The fourth-order valence-electron chi connectivity index (χ4n) is 3.53. The van der Waals surface area contributed by atoms with E-state index in [1.54, 1.807) is 11.3 Å². The largest absolute Gasteiger partial charge is 0.456 e. The van der Waals surface area contributed by atoms with Gasteiger partial charge in [0, 0.05) is 12.5 Å².